The van der Waals surface area contributed by atoms with Gasteiger partial charge >= 0.3 is 0 Å². The van der Waals surface area contributed by atoms with Gasteiger partial charge in [-0.2, -0.15) is 0 Å². The molecule has 4 N–H and O–H groups in total. The molecular weight excluding hydrogens is 383 g/mol. The SMILES string of the molecule is CC(C)(C)OC=O.Cc1ccc(N2CCNCC2)c(N)c1NCc1cccc(F)c1. The zero-order valence-corrected chi connectivity index (χ0v) is 18.3. The summed E-state index contributed by atoms with van der Waals surface area (Å²) < 4.78 is 17.8. The maximum absolute atomic E-state index is 13.3. The van der Waals surface area contributed by atoms with Gasteiger partial charge in [-0.15, -0.1) is 0 Å². The first kappa shape index (κ1) is 23.5. The largest absolute Gasteiger partial charge is 0.462 e. The van der Waals surface area contributed by atoms with Crippen LogP contribution in [0.5, 0.6) is 0 Å². The zero-order chi connectivity index (χ0) is 22.1. The maximum atomic E-state index is 13.3. The second-order valence-corrected chi connectivity index (χ2v) is 8.24. The lowest BCUT2D eigenvalue weighted by Gasteiger charge is -2.31. The lowest BCUT2D eigenvalue weighted by Crippen LogP contribution is -2.43. The summed E-state index contributed by atoms with van der Waals surface area (Å²) in [6.45, 7) is 12.4. The van der Waals surface area contributed by atoms with Gasteiger partial charge in [-0.1, -0.05) is 18.2 Å². The van der Waals surface area contributed by atoms with E-state index in [9.17, 15) is 9.18 Å². The predicted molar refractivity (Wildman–Crippen MR) is 121 cm³/mol. The molecule has 2 aromatic rings. The molecule has 2 aromatic carbocycles. The highest BCUT2D eigenvalue weighted by atomic mass is 19.1. The van der Waals surface area contributed by atoms with Gasteiger partial charge in [0.05, 0.1) is 17.1 Å². The summed E-state index contributed by atoms with van der Waals surface area (Å²) in [5.41, 5.74) is 10.9. The standard InChI is InChI=1S/C18H23FN4.C5H10O2/c1-13-5-6-16(23-9-7-21-8-10-23)17(20)18(13)22-12-14-3-2-4-15(19)11-14;1-5(2,3)7-4-6/h2-6,11,21-22H,7-10,12,20H2,1H3;4H,1-3H3. The predicted octanol–water partition coefficient (Wildman–Crippen LogP) is 3.70. The molecule has 3 rings (SSSR count). The van der Waals surface area contributed by atoms with Crippen LogP contribution in [0.15, 0.2) is 36.4 Å². The normalized spacial score (nSPS) is 13.8. The first-order valence-corrected chi connectivity index (χ1v) is 10.2. The quantitative estimate of drug-likeness (QED) is 0.510. The van der Waals surface area contributed by atoms with Gasteiger partial charge in [0.2, 0.25) is 0 Å². The Morgan fingerprint density at radius 2 is 1.93 bits per heavy atom. The van der Waals surface area contributed by atoms with Gasteiger partial charge in [0.1, 0.15) is 11.4 Å². The molecule has 1 heterocycles. The molecule has 0 unspecified atom stereocenters. The van der Waals surface area contributed by atoms with E-state index in [1.54, 1.807) is 12.1 Å². The molecule has 1 aliphatic rings. The number of nitrogens with zero attached hydrogens (tertiary/aromatic N) is 1. The fourth-order valence-electron chi connectivity index (χ4n) is 3.12. The third kappa shape index (κ3) is 7.22. The molecule has 1 fully saturated rings. The molecule has 164 valence electrons. The summed E-state index contributed by atoms with van der Waals surface area (Å²) in [4.78, 5) is 11.9. The summed E-state index contributed by atoms with van der Waals surface area (Å²) in [6, 6.07) is 10.8. The molecule has 0 aliphatic carbocycles. The van der Waals surface area contributed by atoms with Crippen LogP contribution >= 0.6 is 0 Å². The van der Waals surface area contributed by atoms with E-state index in [2.05, 4.69) is 32.4 Å². The average Bonchev–Trinajstić information content (AvgIpc) is 2.68. The number of benzene rings is 2. The smallest absolute Gasteiger partial charge is 0.293 e. The van der Waals surface area contributed by atoms with Gasteiger partial charge in [0.25, 0.3) is 6.47 Å². The molecular formula is C23H33FN4O2. The zero-order valence-electron chi connectivity index (χ0n) is 18.3. The van der Waals surface area contributed by atoms with Crippen molar-refractivity contribution in [1.29, 1.82) is 0 Å². The molecule has 0 amide bonds. The summed E-state index contributed by atoms with van der Waals surface area (Å²) in [5.74, 6) is -0.219. The monoisotopic (exact) mass is 416 g/mol. The van der Waals surface area contributed by atoms with Gasteiger partial charge in [0.15, 0.2) is 0 Å². The van der Waals surface area contributed by atoms with Crippen molar-refractivity contribution in [3.8, 4) is 0 Å². The van der Waals surface area contributed by atoms with Crippen LogP contribution in [0.3, 0.4) is 0 Å². The number of ether oxygens (including phenoxy) is 1. The minimum atomic E-state index is -0.318. The number of nitrogens with one attached hydrogen (secondary N) is 2. The van der Waals surface area contributed by atoms with Crippen LogP contribution in [-0.2, 0) is 16.1 Å². The van der Waals surface area contributed by atoms with Crippen molar-refractivity contribution in [3.05, 3.63) is 53.3 Å². The van der Waals surface area contributed by atoms with Crippen LogP contribution in [0.4, 0.5) is 21.5 Å². The average molecular weight is 417 g/mol. The Morgan fingerprint density at radius 1 is 1.23 bits per heavy atom. The molecule has 0 radical (unpaired) electrons. The Balaban J connectivity index is 0.000000396. The van der Waals surface area contributed by atoms with Gasteiger partial charge in [-0.3, -0.25) is 4.79 Å². The van der Waals surface area contributed by atoms with Gasteiger partial charge in [-0.05, 0) is 57.0 Å². The number of carbonyl (C=O) groups excluding carboxylic acids is 1. The first-order valence-electron chi connectivity index (χ1n) is 10.2. The number of rotatable bonds is 5. The summed E-state index contributed by atoms with van der Waals surface area (Å²) in [7, 11) is 0. The molecule has 0 atom stereocenters. The highest BCUT2D eigenvalue weighted by Crippen LogP contribution is 2.34. The Hall–Kier alpha value is -2.80. The van der Waals surface area contributed by atoms with E-state index in [1.165, 1.54) is 6.07 Å². The van der Waals surface area contributed by atoms with E-state index in [0.717, 1.165) is 54.4 Å². The Kier molecular flexibility index (Phi) is 8.47. The number of hydrogen-bond acceptors (Lipinski definition) is 6. The molecule has 0 aromatic heterocycles. The lowest BCUT2D eigenvalue weighted by atomic mass is 10.1. The van der Waals surface area contributed by atoms with E-state index in [-0.39, 0.29) is 11.4 Å². The van der Waals surface area contributed by atoms with Crippen molar-refractivity contribution in [2.75, 3.05) is 42.1 Å². The number of halogens is 1. The third-order valence-electron chi connectivity index (χ3n) is 4.65. The number of piperazine rings is 1. The van der Waals surface area contributed by atoms with Crippen LogP contribution in [0, 0.1) is 12.7 Å². The fourth-order valence-corrected chi connectivity index (χ4v) is 3.12. The number of anilines is 3. The van der Waals surface area contributed by atoms with Crippen molar-refractivity contribution >= 4 is 23.5 Å². The first-order chi connectivity index (χ1) is 14.2. The van der Waals surface area contributed by atoms with Crippen molar-refractivity contribution in [1.82, 2.24) is 5.32 Å². The highest BCUT2D eigenvalue weighted by molar-refractivity contribution is 5.83. The Morgan fingerprint density at radius 3 is 2.50 bits per heavy atom. The van der Waals surface area contributed by atoms with E-state index < -0.39 is 0 Å². The molecule has 1 aliphatic heterocycles. The second-order valence-electron chi connectivity index (χ2n) is 8.24. The fraction of sp³-hybridized carbons (Fsp3) is 0.435. The molecule has 0 saturated carbocycles. The third-order valence-corrected chi connectivity index (χ3v) is 4.65. The number of carbonyl (C=O) groups is 1. The van der Waals surface area contributed by atoms with Crippen molar-refractivity contribution in [3.63, 3.8) is 0 Å². The van der Waals surface area contributed by atoms with Gasteiger partial charge in [-0.25, -0.2) is 4.39 Å². The molecule has 30 heavy (non-hydrogen) atoms. The number of aryl methyl sites for hydroxylation is 1. The van der Waals surface area contributed by atoms with Crippen molar-refractivity contribution in [2.45, 2.75) is 39.8 Å². The summed E-state index contributed by atoms with van der Waals surface area (Å²) in [5, 5.41) is 6.72. The number of nitrogens with two attached hydrogens (primary N) is 1. The second kappa shape index (κ2) is 10.8. The number of hydrogen-bond donors (Lipinski definition) is 3. The highest BCUT2D eigenvalue weighted by Gasteiger charge is 2.16. The van der Waals surface area contributed by atoms with E-state index in [4.69, 9.17) is 5.73 Å². The van der Waals surface area contributed by atoms with E-state index >= 15 is 0 Å². The minimum Gasteiger partial charge on any atom is -0.462 e. The number of nitrogen functional groups attached to an aromatic ring is 1. The maximum Gasteiger partial charge on any atom is 0.293 e. The van der Waals surface area contributed by atoms with E-state index in [0.29, 0.717) is 13.0 Å². The molecule has 0 bridgehead atoms. The molecule has 1 saturated heterocycles. The van der Waals surface area contributed by atoms with Crippen LogP contribution in [0.1, 0.15) is 31.9 Å². The van der Waals surface area contributed by atoms with Crippen LogP contribution in [0.25, 0.3) is 0 Å². The van der Waals surface area contributed by atoms with Crippen LogP contribution < -0.4 is 21.3 Å². The van der Waals surface area contributed by atoms with Crippen LogP contribution in [-0.4, -0.2) is 38.3 Å². The molecule has 6 nitrogen and oxygen atoms in total. The Labute approximate surface area is 178 Å². The Bertz CT molecular complexity index is 830. The molecule has 7 heteroatoms. The lowest BCUT2D eigenvalue weighted by molar-refractivity contribution is -0.138. The van der Waals surface area contributed by atoms with Gasteiger partial charge < -0.3 is 26.0 Å². The topological polar surface area (TPSA) is 79.6 Å². The summed E-state index contributed by atoms with van der Waals surface area (Å²) >= 11 is 0. The molecule has 0 spiro atoms. The van der Waals surface area contributed by atoms with Crippen LogP contribution in [0.2, 0.25) is 0 Å². The van der Waals surface area contributed by atoms with E-state index in [1.807, 2.05) is 33.8 Å². The summed E-state index contributed by atoms with van der Waals surface area (Å²) in [6.07, 6.45) is 0. The van der Waals surface area contributed by atoms with Crippen molar-refractivity contribution < 1.29 is 13.9 Å². The van der Waals surface area contributed by atoms with Crippen molar-refractivity contribution in [2.24, 2.45) is 0 Å². The van der Waals surface area contributed by atoms with Gasteiger partial charge in [0, 0.05) is 32.7 Å². The minimum absolute atomic E-state index is 0.219.